The lowest BCUT2D eigenvalue weighted by atomic mass is 9.76. The van der Waals surface area contributed by atoms with E-state index in [0.717, 1.165) is 18.4 Å². The molecule has 2 rings (SSSR count). The summed E-state index contributed by atoms with van der Waals surface area (Å²) in [7, 11) is 0.0837. The van der Waals surface area contributed by atoms with Crippen molar-refractivity contribution in [1.29, 1.82) is 0 Å². The summed E-state index contributed by atoms with van der Waals surface area (Å²) in [6, 6.07) is 4.82. The summed E-state index contributed by atoms with van der Waals surface area (Å²) >= 11 is 0. The van der Waals surface area contributed by atoms with Gasteiger partial charge in [-0.15, -0.1) is 0 Å². The van der Waals surface area contributed by atoms with Gasteiger partial charge in [-0.3, -0.25) is 0 Å². The first-order chi connectivity index (χ1) is 9.33. The smallest absolute Gasteiger partial charge is 0.0575 e. The predicted molar refractivity (Wildman–Crippen MR) is 85.2 cm³/mol. The van der Waals surface area contributed by atoms with Gasteiger partial charge in [0.15, 0.2) is 0 Å². The average Bonchev–Trinajstić information content (AvgIpc) is 2.47. The minimum absolute atomic E-state index is 0.0837. The Hall–Kier alpha value is 0.177. The minimum atomic E-state index is 0.0837. The monoisotopic (exact) mass is 281 g/mol. The van der Waals surface area contributed by atoms with Crippen LogP contribution in [-0.2, 0) is 4.74 Å². The van der Waals surface area contributed by atoms with E-state index in [2.05, 4.69) is 13.8 Å². The van der Waals surface area contributed by atoms with Crippen molar-refractivity contribution >= 4 is 8.80 Å². The van der Waals surface area contributed by atoms with Crippen LogP contribution in [0.3, 0.4) is 0 Å². The van der Waals surface area contributed by atoms with E-state index < -0.39 is 0 Å². The Labute approximate surface area is 122 Å². The van der Waals surface area contributed by atoms with Crippen LogP contribution in [0.1, 0.15) is 65.2 Å². The Morgan fingerprint density at radius 3 is 2.05 bits per heavy atom. The van der Waals surface area contributed by atoms with Crippen molar-refractivity contribution in [1.82, 2.24) is 0 Å². The van der Waals surface area contributed by atoms with E-state index in [1.807, 2.05) is 0 Å². The molecule has 1 saturated carbocycles. The quantitative estimate of drug-likeness (QED) is 0.601. The third-order valence-corrected chi connectivity index (χ3v) is 8.48. The molecular weight excluding hydrogens is 248 g/mol. The van der Waals surface area contributed by atoms with Crippen molar-refractivity contribution in [2.45, 2.75) is 89.5 Å². The van der Waals surface area contributed by atoms with Gasteiger partial charge < -0.3 is 4.74 Å². The van der Waals surface area contributed by atoms with Gasteiger partial charge in [-0.05, 0) is 43.9 Å². The van der Waals surface area contributed by atoms with Gasteiger partial charge in [0, 0.05) is 15.4 Å². The lowest BCUT2D eigenvalue weighted by Crippen LogP contribution is -2.30. The largest absolute Gasteiger partial charge is 0.378 e. The van der Waals surface area contributed by atoms with Gasteiger partial charge in [-0.2, -0.15) is 0 Å². The molecule has 1 heterocycles. The van der Waals surface area contributed by atoms with Gasteiger partial charge in [0.25, 0.3) is 0 Å². The van der Waals surface area contributed by atoms with Crippen molar-refractivity contribution in [3.63, 3.8) is 0 Å². The maximum absolute atomic E-state index is 5.92. The van der Waals surface area contributed by atoms with Crippen LogP contribution in [0.15, 0.2) is 0 Å². The van der Waals surface area contributed by atoms with E-state index >= 15 is 0 Å². The molecule has 0 spiro atoms. The molecule has 0 atom stereocenters. The Bertz CT molecular complexity index is 227. The molecule has 0 bridgehead atoms. The van der Waals surface area contributed by atoms with E-state index in [9.17, 15) is 0 Å². The molecule has 1 nitrogen and oxygen atoms in total. The molecule has 1 aliphatic carbocycles. The standard InChI is InChI=1S/C17H33OSi/c1-3-11-18-17-7-5-15(6-8-17)16-9-13-19(12-4-2)14-10-16/h15-17H,3-14H2,1-2H3. The van der Waals surface area contributed by atoms with E-state index in [0.29, 0.717) is 6.10 Å². The second-order valence-electron chi connectivity index (χ2n) is 6.75. The van der Waals surface area contributed by atoms with E-state index in [1.54, 1.807) is 31.0 Å². The lowest BCUT2D eigenvalue weighted by Gasteiger charge is -2.37. The number of ether oxygens (including phenoxy) is 1. The van der Waals surface area contributed by atoms with Crippen LogP contribution in [0.2, 0.25) is 18.1 Å². The van der Waals surface area contributed by atoms with Crippen LogP contribution in [-0.4, -0.2) is 21.5 Å². The molecule has 19 heavy (non-hydrogen) atoms. The van der Waals surface area contributed by atoms with Gasteiger partial charge in [-0.1, -0.05) is 51.2 Å². The molecule has 2 aliphatic rings. The van der Waals surface area contributed by atoms with Crippen molar-refractivity contribution in [2.75, 3.05) is 6.61 Å². The van der Waals surface area contributed by atoms with Crippen LogP contribution in [0.25, 0.3) is 0 Å². The predicted octanol–water partition coefficient (Wildman–Crippen LogP) is 5.29. The number of rotatable bonds is 6. The molecule has 2 fully saturated rings. The second kappa shape index (κ2) is 8.46. The summed E-state index contributed by atoms with van der Waals surface area (Å²) in [5.41, 5.74) is 0. The molecule has 1 radical (unpaired) electrons. The molecule has 0 amide bonds. The van der Waals surface area contributed by atoms with Crippen LogP contribution < -0.4 is 0 Å². The van der Waals surface area contributed by atoms with Crippen molar-refractivity contribution in [3.8, 4) is 0 Å². The SMILES string of the molecule is CCCOC1CCC(C2CC[Si](CCC)CC2)CC1. The van der Waals surface area contributed by atoms with Crippen LogP contribution >= 0.6 is 0 Å². The van der Waals surface area contributed by atoms with Crippen LogP contribution in [0.4, 0.5) is 0 Å². The average molecular weight is 282 g/mol. The summed E-state index contributed by atoms with van der Waals surface area (Å²) in [5.74, 6) is 2.13. The topological polar surface area (TPSA) is 9.23 Å². The zero-order chi connectivity index (χ0) is 13.5. The highest BCUT2D eigenvalue weighted by Gasteiger charge is 2.31. The summed E-state index contributed by atoms with van der Waals surface area (Å²) < 4.78 is 5.92. The number of hydrogen-bond donors (Lipinski definition) is 0. The number of hydrogen-bond acceptors (Lipinski definition) is 1. The third-order valence-electron chi connectivity index (χ3n) is 5.28. The summed E-state index contributed by atoms with van der Waals surface area (Å²) in [6.45, 7) is 5.55. The summed E-state index contributed by atoms with van der Waals surface area (Å²) in [4.78, 5) is 0. The van der Waals surface area contributed by atoms with Gasteiger partial charge in [0.1, 0.15) is 0 Å². The van der Waals surface area contributed by atoms with Gasteiger partial charge in [0.2, 0.25) is 0 Å². The molecule has 0 N–H and O–H groups in total. The molecule has 1 saturated heterocycles. The van der Waals surface area contributed by atoms with E-state index in [4.69, 9.17) is 4.74 Å². The maximum Gasteiger partial charge on any atom is 0.0575 e. The van der Waals surface area contributed by atoms with Crippen LogP contribution in [0.5, 0.6) is 0 Å². The highest BCUT2D eigenvalue weighted by molar-refractivity contribution is 6.58. The van der Waals surface area contributed by atoms with Gasteiger partial charge >= 0.3 is 0 Å². The molecule has 1 aliphatic heterocycles. The summed E-state index contributed by atoms with van der Waals surface area (Å²) in [5, 5.41) is 0. The highest BCUT2D eigenvalue weighted by atomic mass is 28.3. The Morgan fingerprint density at radius 1 is 0.842 bits per heavy atom. The Kier molecular flexibility index (Phi) is 6.93. The fourth-order valence-corrected chi connectivity index (χ4v) is 7.15. The lowest BCUT2D eigenvalue weighted by molar-refractivity contribution is 0.0105. The highest BCUT2D eigenvalue weighted by Crippen LogP contribution is 2.40. The third kappa shape index (κ3) is 4.89. The molecule has 0 aromatic heterocycles. The first-order valence-electron chi connectivity index (χ1n) is 8.78. The molecule has 111 valence electrons. The van der Waals surface area contributed by atoms with Crippen LogP contribution in [0, 0.1) is 11.8 Å². The first-order valence-corrected chi connectivity index (χ1v) is 10.9. The second-order valence-corrected chi connectivity index (χ2v) is 9.75. The van der Waals surface area contributed by atoms with Crippen molar-refractivity contribution in [2.24, 2.45) is 11.8 Å². The zero-order valence-corrected chi connectivity index (χ0v) is 14.1. The normalized spacial score (nSPS) is 30.6. The van der Waals surface area contributed by atoms with Gasteiger partial charge in [-0.25, -0.2) is 0 Å². The van der Waals surface area contributed by atoms with Crippen molar-refractivity contribution < 1.29 is 4.74 Å². The minimum Gasteiger partial charge on any atom is -0.378 e. The first kappa shape index (κ1) is 15.6. The Morgan fingerprint density at radius 2 is 1.47 bits per heavy atom. The van der Waals surface area contributed by atoms with Gasteiger partial charge in [0.05, 0.1) is 6.10 Å². The fourth-order valence-electron chi connectivity index (χ4n) is 4.13. The maximum atomic E-state index is 5.92. The molecule has 0 unspecified atom stereocenters. The molecule has 0 aromatic rings. The fraction of sp³-hybridized carbons (Fsp3) is 1.00. The van der Waals surface area contributed by atoms with E-state index in [-0.39, 0.29) is 8.80 Å². The van der Waals surface area contributed by atoms with Crippen molar-refractivity contribution in [3.05, 3.63) is 0 Å². The Balaban J connectivity index is 1.65. The molecule has 2 heteroatoms. The molecule has 0 aromatic carbocycles. The zero-order valence-electron chi connectivity index (χ0n) is 13.1. The van der Waals surface area contributed by atoms with E-state index in [1.165, 1.54) is 38.5 Å². The summed E-state index contributed by atoms with van der Waals surface area (Å²) in [6.07, 6.45) is 11.9. The molecular formula is C17H33OSi.